The molecule has 0 aliphatic rings. The molecule has 0 spiro atoms. The third-order valence-corrected chi connectivity index (χ3v) is 3.91. The van der Waals surface area contributed by atoms with Crippen molar-refractivity contribution in [3.63, 3.8) is 0 Å². The van der Waals surface area contributed by atoms with Crippen LogP contribution in [0, 0.1) is 0 Å². The Labute approximate surface area is 123 Å². The molecule has 21 heavy (non-hydrogen) atoms. The average Bonchev–Trinajstić information content (AvgIpc) is 2.52. The molecule has 0 radical (unpaired) electrons. The molecule has 4 rings (SSSR count). The van der Waals surface area contributed by atoms with Crippen LogP contribution in [0.25, 0.3) is 32.7 Å². The second kappa shape index (κ2) is 4.64. The van der Waals surface area contributed by atoms with E-state index < -0.39 is 0 Å². The number of benzene rings is 4. The van der Waals surface area contributed by atoms with Crippen LogP contribution in [0.5, 0.6) is 5.75 Å². The molecule has 100 valence electrons. The molecule has 0 amide bonds. The molecule has 0 aliphatic carbocycles. The summed E-state index contributed by atoms with van der Waals surface area (Å²) in [6.45, 7) is 0. The van der Waals surface area contributed by atoms with Crippen molar-refractivity contribution in [1.82, 2.24) is 0 Å². The van der Waals surface area contributed by atoms with Gasteiger partial charge in [-0.3, -0.25) is 0 Å². The number of hydrogen-bond acceptors (Lipinski definition) is 1. The van der Waals surface area contributed by atoms with E-state index in [1.165, 1.54) is 27.1 Å². The van der Waals surface area contributed by atoms with Crippen LogP contribution < -0.4 is 0 Å². The van der Waals surface area contributed by atoms with Crippen LogP contribution in [-0.2, 0) is 0 Å². The lowest BCUT2D eigenvalue weighted by Crippen LogP contribution is -1.85. The summed E-state index contributed by atoms with van der Waals surface area (Å²) in [6.07, 6.45) is 0. The van der Waals surface area contributed by atoms with Crippen LogP contribution in [0.4, 0.5) is 0 Å². The maximum absolute atomic E-state index is 9.82. The van der Waals surface area contributed by atoms with E-state index in [0.29, 0.717) is 5.75 Å². The van der Waals surface area contributed by atoms with E-state index in [2.05, 4.69) is 54.6 Å². The van der Waals surface area contributed by atoms with Gasteiger partial charge in [-0.25, -0.2) is 0 Å². The molecule has 4 aromatic rings. The van der Waals surface area contributed by atoms with E-state index >= 15 is 0 Å². The van der Waals surface area contributed by atoms with E-state index in [-0.39, 0.29) is 0 Å². The molecular formula is C20H14O. The van der Waals surface area contributed by atoms with Gasteiger partial charge in [0.05, 0.1) is 0 Å². The lowest BCUT2D eigenvalue weighted by Gasteiger charge is -2.12. The number of fused-ring (bicyclic) bond motifs is 2. The first kappa shape index (κ1) is 12.0. The predicted molar refractivity (Wildman–Crippen MR) is 88.6 cm³/mol. The van der Waals surface area contributed by atoms with E-state index in [1.807, 2.05) is 18.2 Å². The molecule has 0 saturated carbocycles. The van der Waals surface area contributed by atoms with Crippen LogP contribution in [0.3, 0.4) is 0 Å². The Balaban J connectivity index is 2.21. The number of rotatable bonds is 1. The summed E-state index contributed by atoms with van der Waals surface area (Å²) < 4.78 is 0. The van der Waals surface area contributed by atoms with E-state index in [9.17, 15) is 5.11 Å². The van der Waals surface area contributed by atoms with E-state index in [1.54, 1.807) is 6.07 Å². The van der Waals surface area contributed by atoms with Gasteiger partial charge >= 0.3 is 0 Å². The highest BCUT2D eigenvalue weighted by molar-refractivity contribution is 6.12. The minimum atomic E-state index is 0.296. The standard InChI is InChI=1S/C20H14O/c21-17-9-5-8-16(13-17)20-18-10-3-1-6-14(18)12-15-7-2-4-11-19(15)20/h1-13,21H. The van der Waals surface area contributed by atoms with Gasteiger partial charge in [0.1, 0.15) is 5.75 Å². The Morgan fingerprint density at radius 1 is 0.571 bits per heavy atom. The molecule has 0 aliphatic heterocycles. The number of phenols is 1. The second-order valence-electron chi connectivity index (χ2n) is 5.24. The SMILES string of the molecule is Oc1cccc(-c2c3ccccc3cc3ccccc23)c1. The Bertz CT molecular complexity index is 900. The highest BCUT2D eigenvalue weighted by atomic mass is 16.3. The van der Waals surface area contributed by atoms with Crippen molar-refractivity contribution in [1.29, 1.82) is 0 Å². The third-order valence-electron chi connectivity index (χ3n) is 3.91. The van der Waals surface area contributed by atoms with Gasteiger partial charge < -0.3 is 5.11 Å². The van der Waals surface area contributed by atoms with Crippen LogP contribution in [0.1, 0.15) is 0 Å². The van der Waals surface area contributed by atoms with Gasteiger partial charge in [0, 0.05) is 0 Å². The molecule has 4 aromatic carbocycles. The quantitative estimate of drug-likeness (QED) is 0.461. The normalized spacial score (nSPS) is 11.0. The maximum atomic E-state index is 9.82. The van der Waals surface area contributed by atoms with Crippen LogP contribution in [-0.4, -0.2) is 5.11 Å². The summed E-state index contributed by atoms with van der Waals surface area (Å²) in [6, 6.07) is 26.5. The lowest BCUT2D eigenvalue weighted by atomic mass is 9.92. The third kappa shape index (κ3) is 1.95. The molecule has 0 unspecified atom stereocenters. The summed E-state index contributed by atoms with van der Waals surface area (Å²) in [5, 5.41) is 14.7. The molecule has 0 fully saturated rings. The van der Waals surface area contributed by atoms with Gasteiger partial charge in [0.15, 0.2) is 0 Å². The molecule has 1 heteroatoms. The first-order valence-electron chi connectivity index (χ1n) is 7.03. The molecule has 0 bridgehead atoms. The number of hydrogen-bond donors (Lipinski definition) is 1. The zero-order valence-electron chi connectivity index (χ0n) is 11.5. The Morgan fingerprint density at radius 3 is 1.81 bits per heavy atom. The van der Waals surface area contributed by atoms with Crippen molar-refractivity contribution in [3.8, 4) is 16.9 Å². The zero-order chi connectivity index (χ0) is 14.2. The smallest absolute Gasteiger partial charge is 0.116 e. The Kier molecular flexibility index (Phi) is 2.65. The monoisotopic (exact) mass is 270 g/mol. The van der Waals surface area contributed by atoms with Crippen molar-refractivity contribution in [3.05, 3.63) is 78.9 Å². The summed E-state index contributed by atoms with van der Waals surface area (Å²) >= 11 is 0. The van der Waals surface area contributed by atoms with Gasteiger partial charge in [-0.05, 0) is 50.9 Å². The van der Waals surface area contributed by atoms with Crippen LogP contribution >= 0.6 is 0 Å². The summed E-state index contributed by atoms with van der Waals surface area (Å²) in [5.41, 5.74) is 2.22. The van der Waals surface area contributed by atoms with Crippen LogP contribution in [0.15, 0.2) is 78.9 Å². The Morgan fingerprint density at radius 2 is 1.19 bits per heavy atom. The predicted octanol–water partition coefficient (Wildman–Crippen LogP) is 5.37. The minimum absolute atomic E-state index is 0.296. The molecule has 1 nitrogen and oxygen atoms in total. The summed E-state index contributed by atoms with van der Waals surface area (Å²) in [4.78, 5) is 0. The highest BCUT2D eigenvalue weighted by Crippen LogP contribution is 2.37. The van der Waals surface area contributed by atoms with Crippen molar-refractivity contribution < 1.29 is 5.11 Å². The lowest BCUT2D eigenvalue weighted by molar-refractivity contribution is 0.475. The zero-order valence-corrected chi connectivity index (χ0v) is 11.5. The number of aromatic hydroxyl groups is 1. The molecule has 0 heterocycles. The van der Waals surface area contributed by atoms with Gasteiger partial charge in [0.2, 0.25) is 0 Å². The first-order valence-corrected chi connectivity index (χ1v) is 7.03. The van der Waals surface area contributed by atoms with Gasteiger partial charge in [-0.2, -0.15) is 0 Å². The second-order valence-corrected chi connectivity index (χ2v) is 5.24. The summed E-state index contributed by atoms with van der Waals surface area (Å²) in [5.74, 6) is 0.296. The van der Waals surface area contributed by atoms with E-state index in [4.69, 9.17) is 0 Å². The maximum Gasteiger partial charge on any atom is 0.116 e. The fourth-order valence-corrected chi connectivity index (χ4v) is 2.99. The van der Waals surface area contributed by atoms with Crippen LogP contribution in [0.2, 0.25) is 0 Å². The van der Waals surface area contributed by atoms with Crippen molar-refractivity contribution >= 4 is 21.5 Å². The first-order chi connectivity index (χ1) is 10.3. The Hall–Kier alpha value is -2.80. The largest absolute Gasteiger partial charge is 0.508 e. The summed E-state index contributed by atoms with van der Waals surface area (Å²) in [7, 11) is 0. The molecule has 0 atom stereocenters. The van der Waals surface area contributed by atoms with Gasteiger partial charge in [0.25, 0.3) is 0 Å². The van der Waals surface area contributed by atoms with Gasteiger partial charge in [-0.15, -0.1) is 0 Å². The van der Waals surface area contributed by atoms with Crippen molar-refractivity contribution in [2.24, 2.45) is 0 Å². The molecule has 1 N–H and O–H groups in total. The molecule has 0 aromatic heterocycles. The van der Waals surface area contributed by atoms with Gasteiger partial charge in [-0.1, -0.05) is 60.7 Å². The molecule has 0 saturated heterocycles. The minimum Gasteiger partial charge on any atom is -0.508 e. The van der Waals surface area contributed by atoms with Crippen molar-refractivity contribution in [2.75, 3.05) is 0 Å². The van der Waals surface area contributed by atoms with Crippen molar-refractivity contribution in [2.45, 2.75) is 0 Å². The fourth-order valence-electron chi connectivity index (χ4n) is 2.99. The number of phenolic OH excluding ortho intramolecular Hbond substituents is 1. The highest BCUT2D eigenvalue weighted by Gasteiger charge is 2.09. The molecular weight excluding hydrogens is 256 g/mol. The fraction of sp³-hybridized carbons (Fsp3) is 0. The average molecular weight is 270 g/mol. The topological polar surface area (TPSA) is 20.2 Å². The van der Waals surface area contributed by atoms with E-state index in [0.717, 1.165) is 5.56 Å².